The Morgan fingerprint density at radius 3 is 2.57 bits per heavy atom. The molecule has 0 saturated heterocycles. The molecule has 0 spiro atoms. The maximum atomic E-state index is 12.2. The van der Waals surface area contributed by atoms with Gasteiger partial charge in [-0.1, -0.05) is 24.3 Å². The van der Waals surface area contributed by atoms with E-state index in [-0.39, 0.29) is 18.9 Å². The molecule has 0 heterocycles. The lowest BCUT2D eigenvalue weighted by molar-refractivity contribution is -0.121. The molecule has 2 aromatic rings. The van der Waals surface area contributed by atoms with Crippen LogP contribution >= 0.6 is 11.8 Å². The summed E-state index contributed by atoms with van der Waals surface area (Å²) in [6.07, 6.45) is 3.80. The molecule has 28 heavy (non-hydrogen) atoms. The quantitative estimate of drug-likeness (QED) is 0.445. The van der Waals surface area contributed by atoms with Gasteiger partial charge in [0.1, 0.15) is 12.4 Å². The van der Waals surface area contributed by atoms with Gasteiger partial charge in [0.05, 0.1) is 18.5 Å². The van der Waals surface area contributed by atoms with E-state index in [1.165, 1.54) is 10.6 Å². The maximum Gasteiger partial charge on any atom is 0.232 e. The van der Waals surface area contributed by atoms with Crippen LogP contribution in [0.5, 0.6) is 5.75 Å². The lowest BCUT2D eigenvalue weighted by Crippen LogP contribution is -2.32. The molecule has 0 bridgehead atoms. The summed E-state index contributed by atoms with van der Waals surface area (Å²) in [5.41, 5.74) is 0.617. The van der Waals surface area contributed by atoms with E-state index >= 15 is 0 Å². The SMILES string of the molecule is CSc1cccc(N(CCCC(=O)NCCOc2ccccc2)S(C)(=O)=O)c1. The molecule has 0 aromatic heterocycles. The van der Waals surface area contributed by atoms with Gasteiger partial charge in [-0.05, 0) is 43.0 Å². The average molecular weight is 423 g/mol. The molecule has 1 amide bonds. The van der Waals surface area contributed by atoms with Crippen molar-refractivity contribution in [2.75, 3.05) is 36.5 Å². The molecule has 1 N–H and O–H groups in total. The lowest BCUT2D eigenvalue weighted by atomic mass is 10.2. The van der Waals surface area contributed by atoms with Crippen molar-refractivity contribution in [3.8, 4) is 5.75 Å². The van der Waals surface area contributed by atoms with E-state index in [0.29, 0.717) is 25.3 Å². The summed E-state index contributed by atoms with van der Waals surface area (Å²) in [5, 5.41) is 2.79. The minimum absolute atomic E-state index is 0.122. The van der Waals surface area contributed by atoms with Gasteiger partial charge in [-0.15, -0.1) is 11.8 Å². The van der Waals surface area contributed by atoms with Crippen LogP contribution in [-0.4, -0.2) is 46.5 Å². The molecule has 2 rings (SSSR count). The van der Waals surface area contributed by atoms with E-state index in [4.69, 9.17) is 4.74 Å². The Morgan fingerprint density at radius 2 is 1.89 bits per heavy atom. The zero-order valence-electron chi connectivity index (χ0n) is 16.1. The number of ether oxygens (including phenoxy) is 1. The molecular weight excluding hydrogens is 396 g/mol. The van der Waals surface area contributed by atoms with Crippen molar-refractivity contribution >= 4 is 33.4 Å². The van der Waals surface area contributed by atoms with Gasteiger partial charge in [0.2, 0.25) is 15.9 Å². The first-order chi connectivity index (χ1) is 13.4. The first kappa shape index (κ1) is 22.1. The number of nitrogens with one attached hydrogen (secondary N) is 1. The van der Waals surface area contributed by atoms with Crippen molar-refractivity contribution in [2.24, 2.45) is 0 Å². The minimum Gasteiger partial charge on any atom is -0.492 e. The zero-order valence-corrected chi connectivity index (χ0v) is 17.8. The molecule has 0 fully saturated rings. The Balaban J connectivity index is 1.77. The van der Waals surface area contributed by atoms with E-state index in [1.54, 1.807) is 17.8 Å². The second kappa shape index (κ2) is 11.0. The third-order valence-electron chi connectivity index (χ3n) is 3.94. The predicted molar refractivity (Wildman–Crippen MR) is 115 cm³/mol. The lowest BCUT2D eigenvalue weighted by Gasteiger charge is -2.22. The Labute approximate surface area is 171 Å². The standard InChI is InChI=1S/C20H26N2O4S2/c1-27-19-11-6-8-17(16-19)22(28(2,24)25)14-7-12-20(23)21-13-15-26-18-9-4-3-5-10-18/h3-6,8-11,16H,7,12-15H2,1-2H3,(H,21,23). The maximum absolute atomic E-state index is 12.2. The van der Waals surface area contributed by atoms with Crippen molar-refractivity contribution in [1.29, 1.82) is 0 Å². The summed E-state index contributed by atoms with van der Waals surface area (Å²) in [5.74, 6) is 0.635. The van der Waals surface area contributed by atoms with Crippen LogP contribution in [0.4, 0.5) is 5.69 Å². The average Bonchev–Trinajstić information content (AvgIpc) is 2.68. The Bertz CT molecular complexity index is 858. The summed E-state index contributed by atoms with van der Waals surface area (Å²) >= 11 is 1.55. The van der Waals surface area contributed by atoms with E-state index in [2.05, 4.69) is 5.32 Å². The summed E-state index contributed by atoms with van der Waals surface area (Å²) in [6, 6.07) is 16.8. The van der Waals surface area contributed by atoms with E-state index < -0.39 is 10.0 Å². The van der Waals surface area contributed by atoms with Gasteiger partial charge >= 0.3 is 0 Å². The fraction of sp³-hybridized carbons (Fsp3) is 0.350. The Kier molecular flexibility index (Phi) is 8.66. The first-order valence-electron chi connectivity index (χ1n) is 8.96. The molecule has 0 unspecified atom stereocenters. The number of nitrogens with zero attached hydrogens (tertiary/aromatic N) is 1. The van der Waals surface area contributed by atoms with Crippen LogP contribution in [0.3, 0.4) is 0 Å². The normalized spacial score (nSPS) is 11.1. The summed E-state index contributed by atoms with van der Waals surface area (Å²) in [6.45, 7) is 1.04. The van der Waals surface area contributed by atoms with Crippen molar-refractivity contribution in [3.63, 3.8) is 0 Å². The number of benzene rings is 2. The predicted octanol–water partition coefficient (Wildman–Crippen LogP) is 3.15. The Hall–Kier alpha value is -2.19. The number of thioether (sulfide) groups is 1. The molecule has 2 aromatic carbocycles. The van der Waals surface area contributed by atoms with Crippen LogP contribution in [0.15, 0.2) is 59.5 Å². The van der Waals surface area contributed by atoms with Crippen molar-refractivity contribution in [1.82, 2.24) is 5.32 Å². The number of hydrogen-bond acceptors (Lipinski definition) is 5. The van der Waals surface area contributed by atoms with Gasteiger partial charge in [-0.2, -0.15) is 0 Å². The highest BCUT2D eigenvalue weighted by atomic mass is 32.2. The second-order valence-corrected chi connectivity index (χ2v) is 8.94. The topological polar surface area (TPSA) is 75.7 Å². The smallest absolute Gasteiger partial charge is 0.232 e. The molecular formula is C20H26N2O4S2. The summed E-state index contributed by atoms with van der Waals surface area (Å²) in [7, 11) is -3.42. The van der Waals surface area contributed by atoms with Crippen LogP contribution in [0.1, 0.15) is 12.8 Å². The molecule has 8 heteroatoms. The number of anilines is 1. The van der Waals surface area contributed by atoms with Gasteiger partial charge in [-0.3, -0.25) is 9.10 Å². The third kappa shape index (κ3) is 7.44. The molecule has 0 atom stereocenters. The molecule has 0 saturated carbocycles. The van der Waals surface area contributed by atoms with Crippen LogP contribution < -0.4 is 14.4 Å². The van der Waals surface area contributed by atoms with Gasteiger partial charge in [0.15, 0.2) is 0 Å². The van der Waals surface area contributed by atoms with Crippen molar-refractivity contribution in [2.45, 2.75) is 17.7 Å². The summed E-state index contributed by atoms with van der Waals surface area (Å²) < 4.78 is 31.2. The largest absolute Gasteiger partial charge is 0.492 e. The van der Waals surface area contributed by atoms with Gasteiger partial charge < -0.3 is 10.1 Å². The van der Waals surface area contributed by atoms with Gasteiger partial charge in [-0.25, -0.2) is 8.42 Å². The highest BCUT2D eigenvalue weighted by molar-refractivity contribution is 7.98. The number of carbonyl (C=O) groups excluding carboxylic acids is 1. The highest BCUT2D eigenvalue weighted by Gasteiger charge is 2.17. The number of hydrogen-bond donors (Lipinski definition) is 1. The van der Waals surface area contributed by atoms with Crippen LogP contribution in [0.2, 0.25) is 0 Å². The fourth-order valence-electron chi connectivity index (χ4n) is 2.60. The van der Waals surface area contributed by atoms with E-state index in [0.717, 1.165) is 10.6 Å². The minimum atomic E-state index is -3.42. The number of para-hydroxylation sites is 1. The Morgan fingerprint density at radius 1 is 1.14 bits per heavy atom. The molecule has 0 aliphatic carbocycles. The molecule has 0 aliphatic rings. The number of amides is 1. The third-order valence-corrected chi connectivity index (χ3v) is 5.86. The fourth-order valence-corrected chi connectivity index (χ4v) is 4.01. The van der Waals surface area contributed by atoms with Gasteiger partial charge in [0.25, 0.3) is 0 Å². The van der Waals surface area contributed by atoms with E-state index in [9.17, 15) is 13.2 Å². The number of sulfonamides is 1. The van der Waals surface area contributed by atoms with Crippen molar-refractivity contribution < 1.29 is 17.9 Å². The van der Waals surface area contributed by atoms with Crippen LogP contribution in [0.25, 0.3) is 0 Å². The molecule has 0 aliphatic heterocycles. The zero-order chi connectivity index (χ0) is 20.4. The van der Waals surface area contributed by atoms with Gasteiger partial charge in [0, 0.05) is 17.9 Å². The van der Waals surface area contributed by atoms with Crippen molar-refractivity contribution in [3.05, 3.63) is 54.6 Å². The molecule has 152 valence electrons. The van der Waals surface area contributed by atoms with Crippen LogP contribution in [0, 0.1) is 0 Å². The molecule has 6 nitrogen and oxygen atoms in total. The second-order valence-electron chi connectivity index (χ2n) is 6.15. The first-order valence-corrected chi connectivity index (χ1v) is 12.0. The number of rotatable bonds is 11. The summed E-state index contributed by atoms with van der Waals surface area (Å²) in [4.78, 5) is 13.0. The highest BCUT2D eigenvalue weighted by Crippen LogP contribution is 2.24. The monoisotopic (exact) mass is 422 g/mol. The van der Waals surface area contributed by atoms with E-state index in [1.807, 2.05) is 54.8 Å². The molecule has 0 radical (unpaired) electrons. The number of carbonyl (C=O) groups is 1. The van der Waals surface area contributed by atoms with Crippen LogP contribution in [-0.2, 0) is 14.8 Å².